The number of carbonyl (C=O) groups excluding carboxylic acids is 2. The number of Topliss-reactive ketones (excluding diaryl/α,β-unsaturated/α-hetero) is 1. The topological polar surface area (TPSA) is 46.2 Å². The summed E-state index contributed by atoms with van der Waals surface area (Å²) in [4.78, 5) is 22.9. The molecule has 0 bridgehead atoms. The van der Waals surface area contributed by atoms with Crippen LogP contribution >= 0.6 is 0 Å². The first-order valence-corrected chi connectivity index (χ1v) is 6.29. The van der Waals surface area contributed by atoms with Crippen LogP contribution in [0.4, 0.5) is 13.2 Å². The van der Waals surface area contributed by atoms with Gasteiger partial charge in [-0.15, -0.1) is 0 Å². The minimum atomic E-state index is -4.43. The van der Waals surface area contributed by atoms with E-state index in [2.05, 4.69) is 5.32 Å². The number of benzene rings is 1. The average Bonchev–Trinajstić information content (AvgIpc) is 2.42. The molecule has 0 radical (unpaired) electrons. The quantitative estimate of drug-likeness (QED) is 0.817. The van der Waals surface area contributed by atoms with Gasteiger partial charge < -0.3 is 5.32 Å². The largest absolute Gasteiger partial charge is 0.389 e. The molecular formula is C14H16F3NO2. The van der Waals surface area contributed by atoms with Crippen molar-refractivity contribution in [3.05, 3.63) is 35.9 Å². The van der Waals surface area contributed by atoms with Gasteiger partial charge in [-0.25, -0.2) is 0 Å². The van der Waals surface area contributed by atoms with Gasteiger partial charge in [0.05, 0.1) is 12.5 Å². The van der Waals surface area contributed by atoms with E-state index in [0.29, 0.717) is 6.42 Å². The fraction of sp³-hybridized carbons (Fsp3) is 0.429. The SMILES string of the molecule is CC[C@H](NC(=O)C(=O)CCC(F)(F)F)c1ccccc1. The van der Waals surface area contributed by atoms with Crippen LogP contribution in [0, 0.1) is 0 Å². The number of nitrogens with one attached hydrogen (secondary N) is 1. The van der Waals surface area contributed by atoms with Gasteiger partial charge in [0.15, 0.2) is 0 Å². The molecule has 0 fully saturated rings. The summed E-state index contributed by atoms with van der Waals surface area (Å²) in [5, 5.41) is 2.46. The van der Waals surface area contributed by atoms with Gasteiger partial charge in [-0.05, 0) is 12.0 Å². The first-order valence-electron chi connectivity index (χ1n) is 6.29. The van der Waals surface area contributed by atoms with Crippen molar-refractivity contribution in [2.24, 2.45) is 0 Å². The number of hydrogen-bond donors (Lipinski definition) is 1. The molecule has 6 heteroatoms. The number of alkyl halides is 3. The zero-order chi connectivity index (χ0) is 15.2. The number of hydrogen-bond acceptors (Lipinski definition) is 2. The summed E-state index contributed by atoms with van der Waals surface area (Å²) in [5.74, 6) is -2.01. The van der Waals surface area contributed by atoms with Crippen LogP contribution in [0.1, 0.15) is 37.8 Å². The van der Waals surface area contributed by atoms with Crippen LogP contribution in [-0.4, -0.2) is 17.9 Å². The Morgan fingerprint density at radius 3 is 2.30 bits per heavy atom. The highest BCUT2D eigenvalue weighted by Crippen LogP contribution is 2.21. The van der Waals surface area contributed by atoms with E-state index in [-0.39, 0.29) is 6.04 Å². The standard InChI is InChI=1S/C14H16F3NO2/c1-2-11(10-6-4-3-5-7-10)18-13(20)12(19)8-9-14(15,16)17/h3-7,11H,2,8-9H2,1H3,(H,18,20)/t11-/m0/s1. The summed E-state index contributed by atoms with van der Waals surface area (Å²) < 4.78 is 36.0. The van der Waals surface area contributed by atoms with E-state index < -0.39 is 30.7 Å². The van der Waals surface area contributed by atoms with E-state index in [1.807, 2.05) is 13.0 Å². The summed E-state index contributed by atoms with van der Waals surface area (Å²) in [6, 6.07) is 8.58. The number of rotatable bonds is 6. The second kappa shape index (κ2) is 7.07. The van der Waals surface area contributed by atoms with Crippen molar-refractivity contribution in [1.29, 1.82) is 0 Å². The van der Waals surface area contributed by atoms with E-state index >= 15 is 0 Å². The van der Waals surface area contributed by atoms with Crippen LogP contribution in [0.2, 0.25) is 0 Å². The molecule has 0 unspecified atom stereocenters. The Balaban J connectivity index is 2.58. The lowest BCUT2D eigenvalue weighted by Crippen LogP contribution is -2.34. The monoisotopic (exact) mass is 287 g/mol. The van der Waals surface area contributed by atoms with E-state index in [0.717, 1.165) is 5.56 Å². The van der Waals surface area contributed by atoms with E-state index in [9.17, 15) is 22.8 Å². The Kier molecular flexibility index (Phi) is 5.73. The minimum Gasteiger partial charge on any atom is -0.343 e. The number of ketones is 1. The molecule has 0 aromatic heterocycles. The molecule has 1 atom stereocenters. The second-order valence-corrected chi connectivity index (χ2v) is 4.38. The Bertz CT molecular complexity index is 457. The first kappa shape index (κ1) is 16.2. The normalized spacial score (nSPS) is 12.8. The maximum Gasteiger partial charge on any atom is 0.389 e. The molecular weight excluding hydrogens is 271 g/mol. The predicted octanol–water partition coefficient (Wildman–Crippen LogP) is 3.17. The molecule has 0 spiro atoms. The molecule has 0 aliphatic rings. The Labute approximate surface area is 115 Å². The molecule has 1 aromatic carbocycles. The zero-order valence-corrected chi connectivity index (χ0v) is 11.0. The van der Waals surface area contributed by atoms with Crippen molar-refractivity contribution in [3.63, 3.8) is 0 Å². The Morgan fingerprint density at radius 2 is 1.80 bits per heavy atom. The summed E-state index contributed by atoms with van der Waals surface area (Å²) in [6.07, 6.45) is -5.98. The summed E-state index contributed by atoms with van der Waals surface area (Å²) >= 11 is 0. The maximum absolute atomic E-state index is 12.0. The summed E-state index contributed by atoms with van der Waals surface area (Å²) in [6.45, 7) is 1.82. The molecule has 110 valence electrons. The van der Waals surface area contributed by atoms with Crippen molar-refractivity contribution < 1.29 is 22.8 Å². The van der Waals surface area contributed by atoms with Gasteiger partial charge in [0.25, 0.3) is 5.91 Å². The van der Waals surface area contributed by atoms with Gasteiger partial charge in [0, 0.05) is 6.42 Å². The van der Waals surface area contributed by atoms with Crippen molar-refractivity contribution >= 4 is 11.7 Å². The van der Waals surface area contributed by atoms with Crippen molar-refractivity contribution in [2.75, 3.05) is 0 Å². The fourth-order valence-electron chi connectivity index (χ4n) is 1.71. The van der Waals surface area contributed by atoms with Crippen LogP contribution in [0.15, 0.2) is 30.3 Å². The molecule has 1 aromatic rings. The van der Waals surface area contributed by atoms with E-state index in [1.165, 1.54) is 0 Å². The van der Waals surface area contributed by atoms with Crippen LogP contribution in [-0.2, 0) is 9.59 Å². The molecule has 20 heavy (non-hydrogen) atoms. The molecule has 0 aliphatic carbocycles. The van der Waals surface area contributed by atoms with E-state index in [4.69, 9.17) is 0 Å². The highest BCUT2D eigenvalue weighted by Gasteiger charge is 2.30. The predicted molar refractivity (Wildman–Crippen MR) is 67.9 cm³/mol. The number of amides is 1. The summed E-state index contributed by atoms with van der Waals surface area (Å²) in [7, 11) is 0. The summed E-state index contributed by atoms with van der Waals surface area (Å²) in [5.41, 5.74) is 0.812. The van der Waals surface area contributed by atoms with Crippen molar-refractivity contribution in [1.82, 2.24) is 5.32 Å². The van der Waals surface area contributed by atoms with Gasteiger partial charge in [-0.3, -0.25) is 9.59 Å². The van der Waals surface area contributed by atoms with Crippen LogP contribution in [0.25, 0.3) is 0 Å². The fourth-order valence-corrected chi connectivity index (χ4v) is 1.71. The lowest BCUT2D eigenvalue weighted by Gasteiger charge is -2.17. The molecule has 0 saturated heterocycles. The zero-order valence-electron chi connectivity index (χ0n) is 11.0. The van der Waals surface area contributed by atoms with Gasteiger partial charge in [0.1, 0.15) is 0 Å². The van der Waals surface area contributed by atoms with Gasteiger partial charge in [-0.2, -0.15) is 13.2 Å². The molecule has 0 aliphatic heterocycles. The van der Waals surface area contributed by atoms with Crippen molar-refractivity contribution in [3.8, 4) is 0 Å². The molecule has 1 N–H and O–H groups in total. The van der Waals surface area contributed by atoms with Gasteiger partial charge in [0.2, 0.25) is 5.78 Å². The average molecular weight is 287 g/mol. The van der Waals surface area contributed by atoms with Gasteiger partial charge in [-0.1, -0.05) is 37.3 Å². The maximum atomic E-state index is 12.0. The molecule has 1 amide bonds. The lowest BCUT2D eigenvalue weighted by molar-refractivity contribution is -0.148. The smallest absolute Gasteiger partial charge is 0.343 e. The molecule has 0 saturated carbocycles. The highest BCUT2D eigenvalue weighted by molar-refractivity contribution is 6.36. The Hall–Kier alpha value is -1.85. The molecule has 3 nitrogen and oxygen atoms in total. The third-order valence-corrected chi connectivity index (χ3v) is 2.80. The highest BCUT2D eigenvalue weighted by atomic mass is 19.4. The third kappa shape index (κ3) is 5.42. The van der Waals surface area contributed by atoms with Crippen LogP contribution in [0.3, 0.4) is 0 Å². The van der Waals surface area contributed by atoms with Crippen molar-refractivity contribution in [2.45, 2.75) is 38.4 Å². The van der Waals surface area contributed by atoms with Crippen LogP contribution in [0.5, 0.6) is 0 Å². The Morgan fingerprint density at radius 1 is 1.20 bits per heavy atom. The number of carbonyl (C=O) groups is 2. The van der Waals surface area contributed by atoms with Crippen LogP contribution < -0.4 is 5.32 Å². The van der Waals surface area contributed by atoms with Gasteiger partial charge >= 0.3 is 6.18 Å². The van der Waals surface area contributed by atoms with E-state index in [1.54, 1.807) is 24.3 Å². The lowest BCUT2D eigenvalue weighted by atomic mass is 10.0. The second-order valence-electron chi connectivity index (χ2n) is 4.38. The molecule has 1 rings (SSSR count). The molecule has 0 heterocycles. The first-order chi connectivity index (χ1) is 9.33. The third-order valence-electron chi connectivity index (χ3n) is 2.80. The minimum absolute atomic E-state index is 0.376. The number of halogens is 3.